The van der Waals surface area contributed by atoms with Gasteiger partial charge < -0.3 is 10.6 Å². The van der Waals surface area contributed by atoms with Crippen molar-refractivity contribution in [1.29, 1.82) is 0 Å². The topological polar surface area (TPSA) is 66.9 Å². The van der Waals surface area contributed by atoms with Crippen molar-refractivity contribution in [1.82, 2.24) is 9.97 Å². The van der Waals surface area contributed by atoms with Crippen molar-refractivity contribution in [2.75, 3.05) is 10.6 Å². The Hall–Kier alpha value is -2.25. The minimum atomic E-state index is -0.0827. The molecule has 0 aliphatic rings. The average molecular weight is 391 g/mol. The second-order valence-electron chi connectivity index (χ2n) is 4.64. The van der Waals surface area contributed by atoms with Gasteiger partial charge in [-0.15, -0.1) is 28.3 Å². The smallest absolute Gasteiger partial charge is 0.221 e. The number of amides is 1. The number of thiazole rings is 1. The summed E-state index contributed by atoms with van der Waals surface area (Å²) in [7, 11) is 0. The molecule has 0 aliphatic carbocycles. The maximum absolute atomic E-state index is 11.0. The normalized spacial score (nSPS) is 9.78. The van der Waals surface area contributed by atoms with Gasteiger partial charge in [0.15, 0.2) is 5.13 Å². The first-order valence-corrected chi connectivity index (χ1v) is 7.60. The zero-order chi connectivity index (χ0) is 15.4. The second-order valence-corrected chi connectivity index (χ2v) is 5.49. The van der Waals surface area contributed by atoms with E-state index in [1.165, 1.54) is 18.3 Å². The maximum atomic E-state index is 11.0. The van der Waals surface area contributed by atoms with Gasteiger partial charge in [-0.3, -0.25) is 9.78 Å². The second kappa shape index (κ2) is 7.85. The Bertz CT molecular complexity index is 774. The molecule has 1 amide bonds. The molecule has 2 N–H and O–H groups in total. The Balaban J connectivity index is 0.00000192. The zero-order valence-corrected chi connectivity index (χ0v) is 14.8. The van der Waals surface area contributed by atoms with Gasteiger partial charge in [0.05, 0.1) is 5.69 Å². The third-order valence-electron chi connectivity index (χ3n) is 2.89. The van der Waals surface area contributed by atoms with Gasteiger partial charge in [-0.05, 0) is 36.4 Å². The van der Waals surface area contributed by atoms with Gasteiger partial charge in [-0.25, -0.2) is 4.98 Å². The van der Waals surface area contributed by atoms with Crippen molar-refractivity contribution >= 4 is 50.7 Å². The molecule has 5 nitrogen and oxygen atoms in total. The Morgan fingerprint density at radius 2 is 1.78 bits per heavy atom. The molecule has 0 spiro atoms. The van der Waals surface area contributed by atoms with E-state index in [0.29, 0.717) is 0 Å². The van der Waals surface area contributed by atoms with Gasteiger partial charge in [0.1, 0.15) is 5.69 Å². The molecular formula is C16H15BrN4OS. The lowest BCUT2D eigenvalue weighted by Gasteiger charge is -2.05. The highest BCUT2D eigenvalue weighted by atomic mass is 79.9. The summed E-state index contributed by atoms with van der Waals surface area (Å²) < 4.78 is 0. The third-order valence-corrected chi connectivity index (χ3v) is 3.65. The number of aromatic nitrogens is 2. The highest BCUT2D eigenvalue weighted by Crippen LogP contribution is 2.26. The Labute approximate surface area is 148 Å². The van der Waals surface area contributed by atoms with Crippen molar-refractivity contribution in [3.05, 3.63) is 54.0 Å². The Morgan fingerprint density at radius 1 is 1.04 bits per heavy atom. The highest BCUT2D eigenvalue weighted by molar-refractivity contribution is 8.93. The molecule has 7 heteroatoms. The van der Waals surface area contributed by atoms with Gasteiger partial charge in [0.25, 0.3) is 0 Å². The fraction of sp³-hybridized carbons (Fsp3) is 0.0625. The lowest BCUT2D eigenvalue weighted by atomic mass is 10.3. The molecule has 118 valence electrons. The molecule has 2 aromatic heterocycles. The van der Waals surface area contributed by atoms with E-state index < -0.39 is 0 Å². The number of hydrogen-bond acceptors (Lipinski definition) is 5. The van der Waals surface area contributed by atoms with Crippen LogP contribution in [0.2, 0.25) is 0 Å². The maximum Gasteiger partial charge on any atom is 0.221 e. The molecule has 0 bridgehead atoms. The predicted octanol–water partition coefficient (Wildman–Crippen LogP) is 4.49. The van der Waals surface area contributed by atoms with Crippen LogP contribution in [0.4, 0.5) is 16.5 Å². The van der Waals surface area contributed by atoms with Gasteiger partial charge in [0.2, 0.25) is 5.91 Å². The van der Waals surface area contributed by atoms with Crippen LogP contribution in [0.15, 0.2) is 54.0 Å². The quantitative estimate of drug-likeness (QED) is 0.688. The van der Waals surface area contributed by atoms with E-state index in [9.17, 15) is 4.79 Å². The molecule has 0 atom stereocenters. The highest BCUT2D eigenvalue weighted by Gasteiger charge is 2.05. The lowest BCUT2D eigenvalue weighted by molar-refractivity contribution is -0.114. The minimum Gasteiger partial charge on any atom is -0.332 e. The molecule has 3 rings (SSSR count). The van der Waals surface area contributed by atoms with Crippen molar-refractivity contribution in [2.24, 2.45) is 0 Å². The summed E-state index contributed by atoms with van der Waals surface area (Å²) in [6.45, 7) is 1.49. The van der Waals surface area contributed by atoms with E-state index in [0.717, 1.165) is 27.9 Å². The van der Waals surface area contributed by atoms with Crippen LogP contribution in [0, 0.1) is 0 Å². The average Bonchev–Trinajstić information content (AvgIpc) is 2.98. The Morgan fingerprint density at radius 3 is 2.43 bits per heavy atom. The zero-order valence-electron chi connectivity index (χ0n) is 12.3. The van der Waals surface area contributed by atoms with Crippen LogP contribution in [0.3, 0.4) is 0 Å². The summed E-state index contributed by atoms with van der Waals surface area (Å²) in [4.78, 5) is 19.8. The van der Waals surface area contributed by atoms with E-state index in [4.69, 9.17) is 0 Å². The summed E-state index contributed by atoms with van der Waals surface area (Å²) in [5.74, 6) is -0.0827. The summed E-state index contributed by atoms with van der Waals surface area (Å²) in [5, 5.41) is 8.74. The van der Waals surface area contributed by atoms with Crippen LogP contribution in [0.5, 0.6) is 0 Å². The number of rotatable bonds is 4. The largest absolute Gasteiger partial charge is 0.332 e. The monoisotopic (exact) mass is 390 g/mol. The lowest BCUT2D eigenvalue weighted by Crippen LogP contribution is -2.05. The van der Waals surface area contributed by atoms with Crippen molar-refractivity contribution < 1.29 is 4.79 Å². The number of nitrogens with one attached hydrogen (secondary N) is 2. The summed E-state index contributed by atoms with van der Waals surface area (Å²) >= 11 is 1.52. The molecule has 0 fully saturated rings. The number of halogens is 1. The number of carbonyl (C=O) groups excluding carboxylic acids is 1. The first-order valence-electron chi connectivity index (χ1n) is 6.72. The molecular weight excluding hydrogens is 376 g/mol. The number of hydrogen-bond donors (Lipinski definition) is 2. The van der Waals surface area contributed by atoms with E-state index >= 15 is 0 Å². The SMILES string of the molecule is Br.CC(=O)Nc1ccc(Nc2nc(-c3ccccn3)cs2)cc1. The molecule has 0 radical (unpaired) electrons. The van der Waals surface area contributed by atoms with Gasteiger partial charge in [-0.2, -0.15) is 0 Å². The van der Waals surface area contributed by atoms with Crippen molar-refractivity contribution in [3.63, 3.8) is 0 Å². The molecule has 0 saturated heterocycles. The molecule has 0 unspecified atom stereocenters. The first-order chi connectivity index (χ1) is 10.7. The van der Waals surface area contributed by atoms with Crippen LogP contribution >= 0.6 is 28.3 Å². The first kappa shape index (κ1) is 17.1. The van der Waals surface area contributed by atoms with Crippen LogP contribution < -0.4 is 10.6 Å². The van der Waals surface area contributed by atoms with E-state index in [-0.39, 0.29) is 22.9 Å². The summed E-state index contributed by atoms with van der Waals surface area (Å²) in [5.41, 5.74) is 3.39. The van der Waals surface area contributed by atoms with Gasteiger partial charge in [-0.1, -0.05) is 6.07 Å². The molecule has 1 aromatic carbocycles. The van der Waals surface area contributed by atoms with Crippen LogP contribution in [0.25, 0.3) is 11.4 Å². The summed E-state index contributed by atoms with van der Waals surface area (Å²) in [6.07, 6.45) is 1.75. The number of benzene rings is 1. The van der Waals surface area contributed by atoms with Crippen molar-refractivity contribution in [3.8, 4) is 11.4 Å². The predicted molar refractivity (Wildman–Crippen MR) is 99.7 cm³/mol. The molecule has 3 aromatic rings. The van der Waals surface area contributed by atoms with Crippen LogP contribution in [-0.2, 0) is 4.79 Å². The number of anilines is 3. The van der Waals surface area contributed by atoms with Crippen LogP contribution in [-0.4, -0.2) is 15.9 Å². The Kier molecular flexibility index (Phi) is 5.84. The fourth-order valence-corrected chi connectivity index (χ4v) is 2.65. The minimum absolute atomic E-state index is 0. The van der Waals surface area contributed by atoms with E-state index in [1.54, 1.807) is 6.20 Å². The molecule has 0 saturated carbocycles. The molecule has 2 heterocycles. The molecule has 23 heavy (non-hydrogen) atoms. The van der Waals surface area contributed by atoms with Crippen molar-refractivity contribution in [2.45, 2.75) is 6.92 Å². The summed E-state index contributed by atoms with van der Waals surface area (Å²) in [6, 6.07) is 13.2. The number of nitrogens with zero attached hydrogens (tertiary/aromatic N) is 2. The van der Waals surface area contributed by atoms with E-state index in [2.05, 4.69) is 20.6 Å². The van der Waals surface area contributed by atoms with Gasteiger partial charge in [0, 0.05) is 29.9 Å². The fourth-order valence-electron chi connectivity index (χ4n) is 1.93. The molecule has 0 aliphatic heterocycles. The van der Waals surface area contributed by atoms with E-state index in [1.807, 2.05) is 47.8 Å². The number of pyridine rings is 1. The number of carbonyl (C=O) groups is 1. The van der Waals surface area contributed by atoms with Crippen LogP contribution in [0.1, 0.15) is 6.92 Å². The van der Waals surface area contributed by atoms with Gasteiger partial charge >= 0.3 is 0 Å². The standard InChI is InChI=1S/C16H14N4OS.BrH/c1-11(21)18-12-5-7-13(8-6-12)19-16-20-15(10-22-16)14-4-2-3-9-17-14;/h2-10H,1H3,(H,18,21)(H,19,20);1H. The third kappa shape index (κ3) is 4.61.